The topological polar surface area (TPSA) is 128 Å². The number of halogens is 2. The number of ether oxygens (including phenoxy) is 4. The molecule has 12 heteroatoms. The maximum Gasteiger partial charge on any atom is 0.306 e. The minimum Gasteiger partial charge on any atom is -0.497 e. The SMILES string of the molecule is COc1ccc(CNNC(=O)[C@@]2(CCC(=O)OC(C)(C)C)N=C(c3ccc(OCCCO)cc3)O[C@H]2c2ccc(Cl)cc2Cl)cc1. The van der Waals surface area contributed by atoms with E-state index in [4.69, 9.17) is 52.2 Å². The number of carbonyl (C=O) groups excluding carboxylic acids is 2. The number of methoxy groups -OCH3 is 1. The van der Waals surface area contributed by atoms with E-state index in [1.807, 2.05) is 24.3 Å². The van der Waals surface area contributed by atoms with Crippen LogP contribution in [0.3, 0.4) is 0 Å². The van der Waals surface area contributed by atoms with Gasteiger partial charge in [-0.15, -0.1) is 0 Å². The lowest BCUT2D eigenvalue weighted by Gasteiger charge is -2.31. The van der Waals surface area contributed by atoms with Crippen LogP contribution in [0.1, 0.15) is 62.8 Å². The summed E-state index contributed by atoms with van der Waals surface area (Å²) in [5, 5.41) is 9.74. The summed E-state index contributed by atoms with van der Waals surface area (Å²) in [5.74, 6) is 0.489. The number of hydrazine groups is 1. The minimum absolute atomic E-state index is 0.0276. The van der Waals surface area contributed by atoms with Gasteiger partial charge in [0.1, 0.15) is 17.1 Å². The summed E-state index contributed by atoms with van der Waals surface area (Å²) in [7, 11) is 1.59. The van der Waals surface area contributed by atoms with Crippen molar-refractivity contribution < 1.29 is 33.6 Å². The molecule has 2 atom stereocenters. The van der Waals surface area contributed by atoms with Crippen molar-refractivity contribution in [3.8, 4) is 11.5 Å². The van der Waals surface area contributed by atoms with Gasteiger partial charge in [0, 0.05) is 47.2 Å². The first-order valence-corrected chi connectivity index (χ1v) is 15.6. The van der Waals surface area contributed by atoms with E-state index < -0.39 is 29.1 Å². The van der Waals surface area contributed by atoms with Crippen LogP contribution in [-0.4, -0.2) is 54.3 Å². The highest BCUT2D eigenvalue weighted by Gasteiger charge is 2.54. The highest BCUT2D eigenvalue weighted by atomic mass is 35.5. The average molecular weight is 673 g/mol. The zero-order valence-corrected chi connectivity index (χ0v) is 27.8. The lowest BCUT2D eigenvalue weighted by atomic mass is 9.83. The maximum atomic E-state index is 14.3. The van der Waals surface area contributed by atoms with E-state index in [1.165, 1.54) is 0 Å². The number of hydrogen-bond donors (Lipinski definition) is 3. The number of amides is 1. The summed E-state index contributed by atoms with van der Waals surface area (Å²) in [6.45, 7) is 6.03. The van der Waals surface area contributed by atoms with Gasteiger partial charge in [-0.1, -0.05) is 41.4 Å². The molecule has 1 aliphatic rings. The molecule has 246 valence electrons. The van der Waals surface area contributed by atoms with Crippen LogP contribution in [0.25, 0.3) is 0 Å². The number of aliphatic hydroxyl groups excluding tert-OH is 1. The number of hydrogen-bond acceptors (Lipinski definition) is 9. The van der Waals surface area contributed by atoms with E-state index in [0.29, 0.717) is 47.2 Å². The Kier molecular flexibility index (Phi) is 11.9. The fourth-order valence-electron chi connectivity index (χ4n) is 4.82. The average Bonchev–Trinajstić information content (AvgIpc) is 3.40. The van der Waals surface area contributed by atoms with Crippen molar-refractivity contribution in [2.75, 3.05) is 20.3 Å². The summed E-state index contributed by atoms with van der Waals surface area (Å²) in [6.07, 6.45) is -0.683. The molecule has 0 saturated heterocycles. The molecular weight excluding hydrogens is 633 g/mol. The first-order chi connectivity index (χ1) is 21.9. The predicted octanol–water partition coefficient (Wildman–Crippen LogP) is 5.96. The van der Waals surface area contributed by atoms with Crippen LogP contribution in [0, 0.1) is 0 Å². The standard InChI is InChI=1S/C34H39Cl2N3O7/c1-33(2,3)46-29(41)16-17-34(32(42)39-37-21-22-6-11-25(43-4)12-7-22)30(27-15-10-24(35)20-28(27)36)45-31(38-34)23-8-13-26(14-9-23)44-19-5-18-40/h6-15,20,30,37,40H,5,16-19,21H2,1-4H3,(H,39,42)/t30-,34-/m0/s1. The van der Waals surface area contributed by atoms with Crippen molar-refractivity contribution in [2.24, 2.45) is 4.99 Å². The fraction of sp³-hybridized carbons (Fsp3) is 0.382. The smallest absolute Gasteiger partial charge is 0.306 e. The van der Waals surface area contributed by atoms with Crippen LogP contribution in [0.4, 0.5) is 0 Å². The van der Waals surface area contributed by atoms with E-state index in [0.717, 1.165) is 5.56 Å². The Morgan fingerprint density at radius 2 is 1.72 bits per heavy atom. The monoisotopic (exact) mass is 671 g/mol. The van der Waals surface area contributed by atoms with Crippen molar-refractivity contribution in [3.63, 3.8) is 0 Å². The first-order valence-electron chi connectivity index (χ1n) is 14.9. The van der Waals surface area contributed by atoms with Gasteiger partial charge in [-0.25, -0.2) is 10.4 Å². The highest BCUT2D eigenvalue weighted by molar-refractivity contribution is 6.35. The van der Waals surface area contributed by atoms with Crippen LogP contribution in [-0.2, 0) is 25.6 Å². The van der Waals surface area contributed by atoms with Gasteiger partial charge < -0.3 is 24.1 Å². The van der Waals surface area contributed by atoms with Gasteiger partial charge in [0.05, 0.1) is 13.7 Å². The molecule has 1 aliphatic heterocycles. The molecule has 3 N–H and O–H groups in total. The number of rotatable bonds is 14. The van der Waals surface area contributed by atoms with Crippen molar-refractivity contribution in [1.29, 1.82) is 0 Å². The van der Waals surface area contributed by atoms with E-state index in [9.17, 15) is 9.59 Å². The molecular formula is C34H39Cl2N3O7. The summed E-state index contributed by atoms with van der Waals surface area (Å²) < 4.78 is 22.9. The van der Waals surface area contributed by atoms with Gasteiger partial charge >= 0.3 is 5.97 Å². The molecule has 3 aromatic rings. The van der Waals surface area contributed by atoms with Crippen LogP contribution in [0.5, 0.6) is 11.5 Å². The Labute approximate surface area is 279 Å². The molecule has 46 heavy (non-hydrogen) atoms. The summed E-state index contributed by atoms with van der Waals surface area (Å²) in [5.41, 5.74) is 5.38. The number of nitrogens with one attached hydrogen (secondary N) is 2. The molecule has 0 aromatic heterocycles. The van der Waals surface area contributed by atoms with E-state index >= 15 is 0 Å². The number of aliphatic imine (C=N–C) groups is 1. The second-order valence-electron chi connectivity index (χ2n) is 11.7. The van der Waals surface area contributed by atoms with E-state index in [2.05, 4.69) is 10.9 Å². The van der Waals surface area contributed by atoms with E-state index in [1.54, 1.807) is 70.3 Å². The molecule has 0 spiro atoms. The third-order valence-electron chi connectivity index (χ3n) is 7.06. The minimum atomic E-state index is -1.63. The van der Waals surface area contributed by atoms with Crippen LogP contribution < -0.4 is 20.3 Å². The van der Waals surface area contributed by atoms with Crippen molar-refractivity contribution in [3.05, 3.63) is 93.5 Å². The third-order valence-corrected chi connectivity index (χ3v) is 7.62. The van der Waals surface area contributed by atoms with Crippen LogP contribution in [0.15, 0.2) is 71.7 Å². The second-order valence-corrected chi connectivity index (χ2v) is 12.5. The normalized spacial score (nSPS) is 17.5. The summed E-state index contributed by atoms with van der Waals surface area (Å²) in [6, 6.07) is 19.3. The molecule has 4 rings (SSSR count). The molecule has 10 nitrogen and oxygen atoms in total. The number of benzene rings is 3. The number of carbonyl (C=O) groups is 2. The molecule has 0 fully saturated rings. The lowest BCUT2D eigenvalue weighted by Crippen LogP contribution is -2.52. The zero-order valence-electron chi connectivity index (χ0n) is 26.3. The molecule has 0 aliphatic carbocycles. The predicted molar refractivity (Wildman–Crippen MR) is 176 cm³/mol. The highest BCUT2D eigenvalue weighted by Crippen LogP contribution is 2.45. The lowest BCUT2D eigenvalue weighted by molar-refractivity contribution is -0.155. The summed E-state index contributed by atoms with van der Waals surface area (Å²) >= 11 is 12.9. The summed E-state index contributed by atoms with van der Waals surface area (Å²) in [4.78, 5) is 32.1. The molecule has 1 heterocycles. The van der Waals surface area contributed by atoms with Gasteiger partial charge in [0.15, 0.2) is 11.6 Å². The fourth-order valence-corrected chi connectivity index (χ4v) is 5.33. The largest absolute Gasteiger partial charge is 0.497 e. The molecule has 3 aromatic carbocycles. The van der Waals surface area contributed by atoms with E-state index in [-0.39, 0.29) is 30.4 Å². The van der Waals surface area contributed by atoms with Gasteiger partial charge in [-0.2, -0.15) is 0 Å². The number of nitrogens with zero attached hydrogens (tertiary/aromatic N) is 1. The molecule has 1 amide bonds. The van der Waals surface area contributed by atoms with Gasteiger partial charge in [-0.3, -0.25) is 15.0 Å². The molecule has 0 saturated carbocycles. The second kappa shape index (κ2) is 15.6. The molecule has 0 unspecified atom stereocenters. The Bertz CT molecular complexity index is 1530. The Hall–Kier alpha value is -3.83. The molecule has 0 bridgehead atoms. The van der Waals surface area contributed by atoms with Gasteiger partial charge in [0.25, 0.3) is 5.91 Å². The zero-order chi connectivity index (χ0) is 33.3. The molecule has 0 radical (unpaired) electrons. The third kappa shape index (κ3) is 9.13. The van der Waals surface area contributed by atoms with Gasteiger partial charge in [0.2, 0.25) is 5.90 Å². The van der Waals surface area contributed by atoms with Crippen molar-refractivity contribution in [1.82, 2.24) is 10.9 Å². The Balaban J connectivity index is 1.69. The Morgan fingerprint density at radius 3 is 2.35 bits per heavy atom. The van der Waals surface area contributed by atoms with Crippen molar-refractivity contribution >= 4 is 41.0 Å². The van der Waals surface area contributed by atoms with Crippen LogP contribution in [0.2, 0.25) is 10.0 Å². The number of esters is 1. The Morgan fingerprint density at radius 1 is 1.02 bits per heavy atom. The first kappa shape index (κ1) is 35.0. The van der Waals surface area contributed by atoms with Gasteiger partial charge in [-0.05, 0) is 81.3 Å². The maximum absolute atomic E-state index is 14.3. The quantitative estimate of drug-likeness (QED) is 0.109. The van der Waals surface area contributed by atoms with Crippen LogP contribution >= 0.6 is 23.2 Å². The van der Waals surface area contributed by atoms with Crippen molar-refractivity contribution in [2.45, 2.75) is 63.8 Å². The number of aliphatic hydroxyl groups is 1.